The van der Waals surface area contributed by atoms with Crippen molar-refractivity contribution in [2.24, 2.45) is 0 Å². The number of unbranched alkanes of at least 4 members (excludes halogenated alkanes) is 9. The molecule has 0 aromatic carbocycles. The second-order valence-corrected chi connectivity index (χ2v) is 5.86. The molecule has 3 nitrogen and oxygen atoms in total. The van der Waals surface area contributed by atoms with Crippen molar-refractivity contribution < 1.29 is 9.53 Å². The molecule has 0 unspecified atom stereocenters. The molecular weight excluding hydrogens is 354 g/mol. The maximum Gasteiger partial charge on any atom is 0.418 e. The first kappa shape index (κ1) is 22.0. The average molecular weight is 386 g/mol. The first-order chi connectivity index (χ1) is 10.8. The highest BCUT2D eigenvalue weighted by Gasteiger charge is 2.14. The Kier molecular flexibility index (Phi) is 13.9. The van der Waals surface area contributed by atoms with Gasteiger partial charge in [0.05, 0.1) is 6.61 Å². The molecule has 0 saturated heterocycles. The second-order valence-electron chi connectivity index (χ2n) is 5.86. The van der Waals surface area contributed by atoms with Crippen molar-refractivity contribution in [2.45, 2.75) is 71.1 Å². The maximum atomic E-state index is 11.8. The third kappa shape index (κ3) is 10.4. The Labute approximate surface area is 152 Å². The molecule has 0 fully saturated rings. The number of halogens is 1. The van der Waals surface area contributed by atoms with Gasteiger partial charge in [-0.1, -0.05) is 77.4 Å². The van der Waals surface area contributed by atoms with Gasteiger partial charge in [0.25, 0.3) is 0 Å². The molecule has 0 radical (unpaired) electrons. The third-order valence-corrected chi connectivity index (χ3v) is 3.86. The fourth-order valence-corrected chi connectivity index (χ4v) is 2.48. The quantitative estimate of drug-likeness (QED) is 0.378. The van der Waals surface area contributed by atoms with Crippen molar-refractivity contribution in [1.29, 1.82) is 0 Å². The molecule has 1 aliphatic rings. The third-order valence-electron chi connectivity index (χ3n) is 3.86. The Bertz CT molecular complexity index is 391. The summed E-state index contributed by atoms with van der Waals surface area (Å²) in [5.74, 6) is 0. The zero-order chi connectivity index (χ0) is 16.0. The fraction of sp³-hybridized carbons (Fsp3) is 0.632. The topological polar surface area (TPSA) is 29.5 Å². The van der Waals surface area contributed by atoms with Gasteiger partial charge < -0.3 is 4.74 Å². The monoisotopic (exact) mass is 385 g/mol. The summed E-state index contributed by atoms with van der Waals surface area (Å²) >= 11 is 0. The highest BCUT2D eigenvalue weighted by Crippen LogP contribution is 2.13. The van der Waals surface area contributed by atoms with E-state index in [-0.39, 0.29) is 23.1 Å². The van der Waals surface area contributed by atoms with Crippen LogP contribution in [0, 0.1) is 0 Å². The molecule has 0 aromatic heterocycles. The number of hydrogen-bond acceptors (Lipinski definition) is 2. The summed E-state index contributed by atoms with van der Waals surface area (Å²) in [6.07, 6.45) is 19.6. The number of amides is 1. The van der Waals surface area contributed by atoms with Crippen LogP contribution in [0.3, 0.4) is 0 Å². The van der Waals surface area contributed by atoms with Crippen LogP contribution in [0.5, 0.6) is 0 Å². The van der Waals surface area contributed by atoms with Gasteiger partial charge in [0, 0.05) is 11.9 Å². The van der Waals surface area contributed by atoms with Gasteiger partial charge in [0.1, 0.15) is 0 Å². The summed E-state index contributed by atoms with van der Waals surface area (Å²) in [5, 5.41) is 0. The molecule has 1 amide bonds. The van der Waals surface area contributed by atoms with E-state index in [0.717, 1.165) is 12.8 Å². The zero-order valence-electron chi connectivity index (χ0n) is 14.5. The number of ether oxygens (including phenoxy) is 1. The van der Waals surface area contributed by atoms with Crippen molar-refractivity contribution >= 4 is 23.1 Å². The van der Waals surface area contributed by atoms with Crippen LogP contribution >= 0.6 is 17.0 Å². The zero-order valence-corrected chi connectivity index (χ0v) is 16.2. The predicted molar refractivity (Wildman–Crippen MR) is 103 cm³/mol. The van der Waals surface area contributed by atoms with Crippen LogP contribution in [0.15, 0.2) is 36.7 Å². The molecule has 4 heteroatoms. The van der Waals surface area contributed by atoms with E-state index in [1.807, 2.05) is 6.08 Å². The van der Waals surface area contributed by atoms with Gasteiger partial charge in [-0.3, -0.25) is 4.90 Å². The number of carbonyl (C=O) groups excluding carboxylic acids is 1. The number of hydrogen-bond donors (Lipinski definition) is 0. The Balaban J connectivity index is 0.00000484. The molecule has 23 heavy (non-hydrogen) atoms. The molecular formula is C19H32BrNO2. The van der Waals surface area contributed by atoms with Gasteiger partial charge >= 0.3 is 6.09 Å². The molecule has 1 heterocycles. The van der Waals surface area contributed by atoms with Crippen LogP contribution in [-0.4, -0.2) is 17.6 Å². The molecule has 0 saturated carbocycles. The van der Waals surface area contributed by atoms with Gasteiger partial charge in [0.2, 0.25) is 0 Å². The smallest absolute Gasteiger partial charge is 0.418 e. The van der Waals surface area contributed by atoms with Crippen molar-refractivity contribution in [1.82, 2.24) is 4.90 Å². The first-order valence-corrected chi connectivity index (χ1v) is 8.75. The summed E-state index contributed by atoms with van der Waals surface area (Å²) in [5.41, 5.74) is 0.649. The minimum absolute atomic E-state index is 0. The highest BCUT2D eigenvalue weighted by molar-refractivity contribution is 8.93. The van der Waals surface area contributed by atoms with Gasteiger partial charge in [0.15, 0.2) is 0 Å². The van der Waals surface area contributed by atoms with E-state index in [1.54, 1.807) is 18.4 Å². The van der Waals surface area contributed by atoms with Crippen molar-refractivity contribution in [3.05, 3.63) is 36.7 Å². The van der Waals surface area contributed by atoms with Gasteiger partial charge in [-0.05, 0) is 18.6 Å². The lowest BCUT2D eigenvalue weighted by molar-refractivity contribution is 0.123. The van der Waals surface area contributed by atoms with Crippen LogP contribution < -0.4 is 0 Å². The Morgan fingerprint density at radius 2 is 1.57 bits per heavy atom. The maximum absolute atomic E-state index is 11.8. The number of allylic oxidation sites excluding steroid dienone is 3. The van der Waals surface area contributed by atoms with Gasteiger partial charge in [-0.15, -0.1) is 17.0 Å². The standard InChI is InChI=1S/C19H31NO2.BrH/c1-3-4-5-6-7-8-9-10-11-14-17-22-19(21)20-16-13-12-15-18(20)2;/h12-13,15-16H,2-11,14,17H2,1H3;1H. The van der Waals surface area contributed by atoms with E-state index in [4.69, 9.17) is 4.74 Å². The van der Waals surface area contributed by atoms with Crippen molar-refractivity contribution in [2.75, 3.05) is 6.61 Å². The van der Waals surface area contributed by atoms with E-state index in [9.17, 15) is 4.79 Å². The van der Waals surface area contributed by atoms with Crippen LogP contribution in [-0.2, 0) is 4.74 Å². The lowest BCUT2D eigenvalue weighted by Crippen LogP contribution is -2.26. The van der Waals surface area contributed by atoms with E-state index >= 15 is 0 Å². The molecule has 0 aliphatic carbocycles. The summed E-state index contributed by atoms with van der Waals surface area (Å²) in [6.45, 7) is 6.56. The molecule has 0 aromatic rings. The lowest BCUT2D eigenvalue weighted by Gasteiger charge is -2.19. The van der Waals surface area contributed by atoms with Crippen LogP contribution in [0.25, 0.3) is 0 Å². The van der Waals surface area contributed by atoms with E-state index in [2.05, 4.69) is 13.5 Å². The van der Waals surface area contributed by atoms with Gasteiger partial charge in [-0.25, -0.2) is 4.79 Å². The van der Waals surface area contributed by atoms with Crippen LogP contribution in [0.2, 0.25) is 0 Å². The molecule has 0 atom stereocenters. The minimum atomic E-state index is -0.332. The number of nitrogens with zero attached hydrogens (tertiary/aromatic N) is 1. The van der Waals surface area contributed by atoms with Crippen LogP contribution in [0.4, 0.5) is 4.79 Å². The highest BCUT2D eigenvalue weighted by atomic mass is 79.9. The average Bonchev–Trinajstić information content (AvgIpc) is 2.53. The van der Waals surface area contributed by atoms with E-state index in [1.165, 1.54) is 56.3 Å². The van der Waals surface area contributed by atoms with E-state index in [0.29, 0.717) is 12.3 Å². The predicted octanol–water partition coefficient (Wildman–Crippen LogP) is 6.52. The van der Waals surface area contributed by atoms with Crippen molar-refractivity contribution in [3.63, 3.8) is 0 Å². The molecule has 1 rings (SSSR count). The number of rotatable bonds is 11. The summed E-state index contributed by atoms with van der Waals surface area (Å²) in [6, 6.07) is 0. The Morgan fingerprint density at radius 3 is 2.13 bits per heavy atom. The molecule has 132 valence electrons. The largest absolute Gasteiger partial charge is 0.449 e. The Morgan fingerprint density at radius 1 is 1.00 bits per heavy atom. The number of carbonyl (C=O) groups is 1. The van der Waals surface area contributed by atoms with Crippen molar-refractivity contribution in [3.8, 4) is 0 Å². The fourth-order valence-electron chi connectivity index (χ4n) is 2.48. The van der Waals surface area contributed by atoms with E-state index < -0.39 is 0 Å². The summed E-state index contributed by atoms with van der Waals surface area (Å²) in [7, 11) is 0. The second kappa shape index (κ2) is 14.6. The summed E-state index contributed by atoms with van der Waals surface area (Å²) in [4.78, 5) is 13.3. The Hall–Kier alpha value is -1.03. The molecule has 0 N–H and O–H groups in total. The first-order valence-electron chi connectivity index (χ1n) is 8.75. The molecule has 1 aliphatic heterocycles. The van der Waals surface area contributed by atoms with Gasteiger partial charge in [-0.2, -0.15) is 0 Å². The lowest BCUT2D eigenvalue weighted by atomic mass is 10.1. The summed E-state index contributed by atoms with van der Waals surface area (Å²) < 4.78 is 5.26. The normalized spacial score (nSPS) is 13.1. The minimum Gasteiger partial charge on any atom is -0.449 e. The molecule has 0 spiro atoms. The molecule has 0 bridgehead atoms. The van der Waals surface area contributed by atoms with Crippen LogP contribution in [0.1, 0.15) is 71.1 Å². The SMILES string of the molecule is Br.C=C1C=CC=CN1C(=O)OCCCCCCCCCCCC.